The number of rotatable bonds is 5. The van der Waals surface area contributed by atoms with Crippen LogP contribution in [0.1, 0.15) is 23.9 Å². The minimum atomic E-state index is -0.0181. The number of hydrazine groups is 1. The molecule has 0 aliphatic rings. The molecule has 0 saturated carbocycles. The summed E-state index contributed by atoms with van der Waals surface area (Å²) in [6.45, 7) is 0. The van der Waals surface area contributed by atoms with E-state index in [1.807, 2.05) is 24.9 Å². The molecule has 0 spiro atoms. The van der Waals surface area contributed by atoms with E-state index in [4.69, 9.17) is 11.6 Å². The van der Waals surface area contributed by atoms with E-state index < -0.39 is 0 Å². The van der Waals surface area contributed by atoms with Crippen LogP contribution in [0.5, 0.6) is 0 Å². The molecule has 2 aromatic rings. The van der Waals surface area contributed by atoms with Crippen LogP contribution in [-0.4, -0.2) is 19.3 Å². The third kappa shape index (κ3) is 2.36. The molecule has 1 unspecified atom stereocenters. The highest BCUT2D eigenvalue weighted by atomic mass is 15.3. The van der Waals surface area contributed by atoms with Crippen molar-refractivity contribution in [3.05, 3.63) is 30.0 Å². The maximum absolute atomic E-state index is 5.94. The van der Waals surface area contributed by atoms with Crippen molar-refractivity contribution in [2.75, 3.05) is 5.73 Å². The molecule has 98 valence electrons. The van der Waals surface area contributed by atoms with Crippen LogP contribution in [0.2, 0.25) is 0 Å². The molecule has 2 aromatic heterocycles. The Morgan fingerprint density at radius 1 is 1.44 bits per heavy atom. The van der Waals surface area contributed by atoms with Crippen LogP contribution in [0.3, 0.4) is 0 Å². The fourth-order valence-corrected chi connectivity index (χ4v) is 1.97. The third-order valence-corrected chi connectivity index (χ3v) is 3.17. The Kier molecular flexibility index (Phi) is 3.63. The van der Waals surface area contributed by atoms with E-state index in [0.29, 0.717) is 5.82 Å². The first kappa shape index (κ1) is 12.6. The molecular formula is C11H19N7. The van der Waals surface area contributed by atoms with Gasteiger partial charge in [-0.1, -0.05) is 0 Å². The molecule has 7 nitrogen and oxygen atoms in total. The Bertz CT molecular complexity index is 513. The van der Waals surface area contributed by atoms with Gasteiger partial charge in [0, 0.05) is 38.5 Å². The van der Waals surface area contributed by atoms with Crippen LogP contribution in [-0.2, 0) is 20.5 Å². The molecule has 5 N–H and O–H groups in total. The molecule has 0 radical (unpaired) electrons. The summed E-state index contributed by atoms with van der Waals surface area (Å²) in [6, 6.07) is -0.0181. The van der Waals surface area contributed by atoms with Crippen molar-refractivity contribution >= 4 is 5.82 Å². The average molecular weight is 249 g/mol. The monoisotopic (exact) mass is 249 g/mol. The predicted molar refractivity (Wildman–Crippen MR) is 69.2 cm³/mol. The first-order valence-electron chi connectivity index (χ1n) is 5.83. The zero-order valence-electron chi connectivity index (χ0n) is 10.7. The zero-order chi connectivity index (χ0) is 13.1. The molecule has 0 aliphatic carbocycles. The standard InChI is InChI=1S/C11H19N7/c1-17-6-5-14-10(17)4-3-9(16-13)8-7-15-18(2)11(8)12/h5-7,9,16H,3-4,12-13H2,1-2H3. The smallest absolute Gasteiger partial charge is 0.126 e. The SMILES string of the molecule is Cn1ccnc1CCC(NN)c1cnn(C)c1N. The van der Waals surface area contributed by atoms with Crippen molar-refractivity contribution in [1.82, 2.24) is 24.8 Å². The van der Waals surface area contributed by atoms with Crippen LogP contribution >= 0.6 is 0 Å². The fraction of sp³-hybridized carbons (Fsp3) is 0.455. The lowest BCUT2D eigenvalue weighted by atomic mass is 10.1. The number of aryl methyl sites for hydroxylation is 3. The number of imidazole rings is 1. The van der Waals surface area contributed by atoms with Gasteiger partial charge in [0.05, 0.1) is 12.2 Å². The van der Waals surface area contributed by atoms with E-state index >= 15 is 0 Å². The molecule has 0 aliphatic heterocycles. The Balaban J connectivity index is 2.06. The van der Waals surface area contributed by atoms with Crippen molar-refractivity contribution < 1.29 is 0 Å². The molecule has 0 aromatic carbocycles. The van der Waals surface area contributed by atoms with Gasteiger partial charge in [0.15, 0.2) is 0 Å². The first-order valence-corrected chi connectivity index (χ1v) is 5.83. The summed E-state index contributed by atoms with van der Waals surface area (Å²) in [4.78, 5) is 4.29. The number of hydrogen-bond donors (Lipinski definition) is 3. The number of nitrogens with two attached hydrogens (primary N) is 2. The third-order valence-electron chi connectivity index (χ3n) is 3.17. The first-order chi connectivity index (χ1) is 8.63. The van der Waals surface area contributed by atoms with E-state index in [-0.39, 0.29) is 6.04 Å². The number of nitrogens with zero attached hydrogens (tertiary/aromatic N) is 4. The van der Waals surface area contributed by atoms with E-state index in [0.717, 1.165) is 24.2 Å². The number of hydrogen-bond acceptors (Lipinski definition) is 5. The van der Waals surface area contributed by atoms with E-state index in [1.54, 1.807) is 17.1 Å². The number of aromatic nitrogens is 4. The quantitative estimate of drug-likeness (QED) is 0.506. The van der Waals surface area contributed by atoms with Crippen molar-refractivity contribution in [3.8, 4) is 0 Å². The second-order valence-corrected chi connectivity index (χ2v) is 4.32. The summed E-state index contributed by atoms with van der Waals surface area (Å²) in [5, 5.41) is 4.12. The summed E-state index contributed by atoms with van der Waals surface area (Å²) in [7, 11) is 3.79. The second kappa shape index (κ2) is 5.19. The Hall–Kier alpha value is -1.86. The topological polar surface area (TPSA) is 99.7 Å². The van der Waals surface area contributed by atoms with Gasteiger partial charge in [-0.25, -0.2) is 4.98 Å². The minimum Gasteiger partial charge on any atom is -0.384 e. The van der Waals surface area contributed by atoms with Crippen molar-refractivity contribution in [1.29, 1.82) is 0 Å². The molecule has 7 heteroatoms. The van der Waals surface area contributed by atoms with Crippen LogP contribution in [0.15, 0.2) is 18.6 Å². The van der Waals surface area contributed by atoms with Crippen molar-refractivity contribution in [2.45, 2.75) is 18.9 Å². The van der Waals surface area contributed by atoms with Gasteiger partial charge in [-0.15, -0.1) is 0 Å². The van der Waals surface area contributed by atoms with Crippen LogP contribution in [0.25, 0.3) is 0 Å². The second-order valence-electron chi connectivity index (χ2n) is 4.32. The largest absolute Gasteiger partial charge is 0.384 e. The van der Waals surface area contributed by atoms with Gasteiger partial charge in [-0.2, -0.15) is 5.10 Å². The van der Waals surface area contributed by atoms with Crippen LogP contribution in [0.4, 0.5) is 5.82 Å². The zero-order valence-corrected chi connectivity index (χ0v) is 10.7. The van der Waals surface area contributed by atoms with Gasteiger partial charge < -0.3 is 10.3 Å². The Morgan fingerprint density at radius 3 is 2.72 bits per heavy atom. The Labute approximate surface area is 106 Å². The van der Waals surface area contributed by atoms with Crippen LogP contribution in [0, 0.1) is 0 Å². The lowest BCUT2D eigenvalue weighted by molar-refractivity contribution is 0.507. The molecule has 2 rings (SSSR count). The van der Waals surface area contributed by atoms with Gasteiger partial charge in [0.25, 0.3) is 0 Å². The summed E-state index contributed by atoms with van der Waals surface area (Å²) in [5.41, 5.74) is 9.65. The molecule has 18 heavy (non-hydrogen) atoms. The van der Waals surface area contributed by atoms with Gasteiger partial charge in [-0.3, -0.25) is 16.0 Å². The minimum absolute atomic E-state index is 0.0181. The van der Waals surface area contributed by atoms with Gasteiger partial charge in [0.2, 0.25) is 0 Å². The average Bonchev–Trinajstić information content (AvgIpc) is 2.90. The molecular weight excluding hydrogens is 230 g/mol. The highest BCUT2D eigenvalue weighted by Gasteiger charge is 2.16. The maximum atomic E-state index is 5.94. The van der Waals surface area contributed by atoms with E-state index in [2.05, 4.69) is 15.5 Å². The summed E-state index contributed by atoms with van der Waals surface area (Å²) in [6.07, 6.45) is 7.11. The van der Waals surface area contributed by atoms with Gasteiger partial charge >= 0.3 is 0 Å². The maximum Gasteiger partial charge on any atom is 0.126 e. The summed E-state index contributed by atoms with van der Waals surface area (Å²) in [5.74, 6) is 7.25. The van der Waals surface area contributed by atoms with E-state index in [9.17, 15) is 0 Å². The normalized spacial score (nSPS) is 12.8. The lowest BCUT2D eigenvalue weighted by Gasteiger charge is -2.15. The molecule has 0 fully saturated rings. The highest BCUT2D eigenvalue weighted by molar-refractivity contribution is 5.40. The number of nitrogen functional groups attached to an aromatic ring is 1. The van der Waals surface area contributed by atoms with E-state index in [1.165, 1.54) is 0 Å². The number of anilines is 1. The van der Waals surface area contributed by atoms with Gasteiger partial charge in [0.1, 0.15) is 11.6 Å². The van der Waals surface area contributed by atoms with Gasteiger partial charge in [-0.05, 0) is 6.42 Å². The Morgan fingerprint density at radius 2 is 2.22 bits per heavy atom. The summed E-state index contributed by atoms with van der Waals surface area (Å²) < 4.78 is 3.64. The predicted octanol–water partition coefficient (Wildman–Crippen LogP) is -0.127. The highest BCUT2D eigenvalue weighted by Crippen LogP contribution is 2.22. The molecule has 0 bridgehead atoms. The fourth-order valence-electron chi connectivity index (χ4n) is 1.97. The molecule has 0 amide bonds. The summed E-state index contributed by atoms with van der Waals surface area (Å²) >= 11 is 0. The van der Waals surface area contributed by atoms with Crippen molar-refractivity contribution in [2.24, 2.45) is 19.9 Å². The molecule has 1 atom stereocenters. The molecule has 2 heterocycles. The molecule has 0 saturated heterocycles. The van der Waals surface area contributed by atoms with Crippen LogP contribution < -0.4 is 17.0 Å². The number of nitrogens with one attached hydrogen (secondary N) is 1. The van der Waals surface area contributed by atoms with Crippen molar-refractivity contribution in [3.63, 3.8) is 0 Å². The lowest BCUT2D eigenvalue weighted by Crippen LogP contribution is -2.29.